The van der Waals surface area contributed by atoms with E-state index >= 15 is 0 Å². The van der Waals surface area contributed by atoms with Crippen molar-refractivity contribution in [2.75, 3.05) is 6.61 Å². The summed E-state index contributed by atoms with van der Waals surface area (Å²) in [5.41, 5.74) is 1.35. The van der Waals surface area contributed by atoms with Gasteiger partial charge in [0.1, 0.15) is 5.75 Å². The lowest BCUT2D eigenvalue weighted by Crippen LogP contribution is -2.02. The van der Waals surface area contributed by atoms with Gasteiger partial charge in [0.05, 0.1) is 6.61 Å². The molecule has 0 saturated carbocycles. The maximum Gasteiger partial charge on any atom is 0.124 e. The fourth-order valence-corrected chi connectivity index (χ4v) is 2.67. The fourth-order valence-electron chi connectivity index (χ4n) is 1.75. The molecule has 0 unspecified atom stereocenters. The van der Waals surface area contributed by atoms with Gasteiger partial charge in [-0.15, -0.1) is 11.8 Å². The highest BCUT2D eigenvalue weighted by Gasteiger charge is 2.11. The van der Waals surface area contributed by atoms with Gasteiger partial charge < -0.3 is 4.74 Å². The molecule has 2 aliphatic heterocycles. The summed E-state index contributed by atoms with van der Waals surface area (Å²) in [6.45, 7) is 3.11. The molecule has 0 spiro atoms. The molecular weight excluding hydrogens is 204 g/mol. The molecule has 3 rings (SSSR count). The molecule has 0 N–H and O–H groups in total. The van der Waals surface area contributed by atoms with Gasteiger partial charge in [0.25, 0.3) is 0 Å². The molecule has 1 nitrogen and oxygen atoms in total. The minimum Gasteiger partial charge on any atom is -0.493 e. The van der Waals surface area contributed by atoms with Crippen LogP contribution in [0, 0.1) is 0 Å². The van der Waals surface area contributed by atoms with Crippen molar-refractivity contribution in [3.8, 4) is 5.75 Å². The monoisotopic (exact) mass is 222 g/mol. The molecule has 2 aliphatic rings. The quantitative estimate of drug-likeness (QED) is 0.665. The SMILES string of the molecule is CCCCCCOc1cc2ccc1CS2. The van der Waals surface area contributed by atoms with Crippen LogP contribution >= 0.6 is 11.8 Å². The topological polar surface area (TPSA) is 9.23 Å². The molecule has 0 fully saturated rings. The Bertz CT molecular complexity index is 322. The van der Waals surface area contributed by atoms with Crippen LogP contribution in [0.15, 0.2) is 23.1 Å². The average molecular weight is 222 g/mol. The molecule has 82 valence electrons. The van der Waals surface area contributed by atoms with E-state index in [0.29, 0.717) is 0 Å². The number of ether oxygens (including phenoxy) is 1. The van der Waals surface area contributed by atoms with Crippen LogP contribution in [0.3, 0.4) is 0 Å². The molecule has 1 aromatic carbocycles. The molecule has 0 aliphatic carbocycles. The average Bonchev–Trinajstić information content (AvgIpc) is 2.30. The van der Waals surface area contributed by atoms with E-state index in [2.05, 4.69) is 25.1 Å². The van der Waals surface area contributed by atoms with E-state index in [1.54, 1.807) is 0 Å². The van der Waals surface area contributed by atoms with Gasteiger partial charge in [-0.2, -0.15) is 0 Å². The molecule has 1 aromatic rings. The first-order chi connectivity index (χ1) is 7.40. The van der Waals surface area contributed by atoms with Crippen molar-refractivity contribution in [1.82, 2.24) is 0 Å². The largest absolute Gasteiger partial charge is 0.493 e. The van der Waals surface area contributed by atoms with Gasteiger partial charge in [0.2, 0.25) is 0 Å². The molecule has 0 saturated heterocycles. The summed E-state index contributed by atoms with van der Waals surface area (Å²) < 4.78 is 5.80. The van der Waals surface area contributed by atoms with Crippen LogP contribution in [0.5, 0.6) is 5.75 Å². The van der Waals surface area contributed by atoms with Crippen LogP contribution in [0.4, 0.5) is 0 Å². The first kappa shape index (κ1) is 10.9. The lowest BCUT2D eigenvalue weighted by Gasteiger charge is -2.17. The van der Waals surface area contributed by atoms with E-state index in [-0.39, 0.29) is 0 Å². The molecule has 0 amide bonds. The second-order valence-corrected chi connectivity index (χ2v) is 5.02. The summed E-state index contributed by atoms with van der Waals surface area (Å²) in [4.78, 5) is 1.34. The van der Waals surface area contributed by atoms with Crippen molar-refractivity contribution in [3.05, 3.63) is 23.8 Å². The Hall–Kier alpha value is -0.630. The Morgan fingerprint density at radius 3 is 2.80 bits per heavy atom. The second kappa shape index (κ2) is 5.45. The fraction of sp³-hybridized carbons (Fsp3) is 0.538. The maximum atomic E-state index is 5.80. The van der Waals surface area contributed by atoms with Crippen molar-refractivity contribution in [2.24, 2.45) is 0 Å². The Balaban J connectivity index is 1.77. The Morgan fingerprint density at radius 1 is 1.27 bits per heavy atom. The summed E-state index contributed by atoms with van der Waals surface area (Å²) in [5, 5.41) is 0. The number of benzene rings is 1. The van der Waals surface area contributed by atoms with Crippen molar-refractivity contribution < 1.29 is 4.74 Å². The minimum absolute atomic E-state index is 0.876. The molecular formula is C13H18OS. The smallest absolute Gasteiger partial charge is 0.124 e. The summed E-state index contributed by atoms with van der Waals surface area (Å²) in [6, 6.07) is 6.53. The number of hydrogen-bond donors (Lipinski definition) is 0. The van der Waals surface area contributed by atoms with Crippen LogP contribution < -0.4 is 4.74 Å². The predicted molar refractivity (Wildman–Crippen MR) is 65.6 cm³/mol. The third-order valence-corrected chi connectivity index (χ3v) is 3.73. The summed E-state index contributed by atoms with van der Waals surface area (Å²) in [7, 11) is 0. The van der Waals surface area contributed by atoms with Gasteiger partial charge in [-0.25, -0.2) is 0 Å². The van der Waals surface area contributed by atoms with Gasteiger partial charge in [0.15, 0.2) is 0 Å². The van der Waals surface area contributed by atoms with E-state index in [1.165, 1.54) is 36.1 Å². The Kier molecular flexibility index (Phi) is 3.95. The van der Waals surface area contributed by atoms with Gasteiger partial charge in [0, 0.05) is 16.2 Å². The number of rotatable bonds is 6. The number of thioether (sulfide) groups is 1. The van der Waals surface area contributed by atoms with Crippen LogP contribution in [0.25, 0.3) is 0 Å². The van der Waals surface area contributed by atoms with Crippen LogP contribution in [-0.2, 0) is 5.75 Å². The van der Waals surface area contributed by atoms with Crippen molar-refractivity contribution in [3.63, 3.8) is 0 Å². The summed E-state index contributed by atoms with van der Waals surface area (Å²) in [6.07, 6.45) is 5.09. The molecule has 2 bridgehead atoms. The van der Waals surface area contributed by atoms with Gasteiger partial charge in [-0.05, 0) is 18.6 Å². The molecule has 15 heavy (non-hydrogen) atoms. The van der Waals surface area contributed by atoms with Gasteiger partial charge >= 0.3 is 0 Å². The molecule has 0 aromatic heterocycles. The van der Waals surface area contributed by atoms with Gasteiger partial charge in [-0.3, -0.25) is 0 Å². The highest BCUT2D eigenvalue weighted by Crippen LogP contribution is 2.37. The van der Waals surface area contributed by atoms with Crippen LogP contribution in [0.2, 0.25) is 0 Å². The lowest BCUT2D eigenvalue weighted by atomic mass is 10.2. The first-order valence-electron chi connectivity index (χ1n) is 5.78. The van der Waals surface area contributed by atoms with Crippen LogP contribution in [0.1, 0.15) is 38.2 Å². The lowest BCUT2D eigenvalue weighted by molar-refractivity contribution is 0.302. The third-order valence-electron chi connectivity index (χ3n) is 2.69. The van der Waals surface area contributed by atoms with E-state index < -0.39 is 0 Å². The van der Waals surface area contributed by atoms with E-state index in [4.69, 9.17) is 4.74 Å². The highest BCUT2D eigenvalue weighted by molar-refractivity contribution is 7.98. The number of fused-ring (bicyclic) bond motifs is 3. The zero-order valence-corrected chi connectivity index (χ0v) is 10.1. The first-order valence-corrected chi connectivity index (χ1v) is 6.77. The van der Waals surface area contributed by atoms with E-state index in [9.17, 15) is 0 Å². The second-order valence-electron chi connectivity index (χ2n) is 3.97. The van der Waals surface area contributed by atoms with E-state index in [0.717, 1.165) is 18.1 Å². The van der Waals surface area contributed by atoms with E-state index in [1.807, 2.05) is 11.8 Å². The predicted octanol–water partition coefficient (Wildman–Crippen LogP) is 4.25. The Morgan fingerprint density at radius 2 is 2.20 bits per heavy atom. The van der Waals surface area contributed by atoms with Gasteiger partial charge in [-0.1, -0.05) is 32.3 Å². The van der Waals surface area contributed by atoms with Crippen LogP contribution in [-0.4, -0.2) is 6.61 Å². The number of unbranched alkanes of at least 4 members (excludes halogenated alkanes) is 3. The molecule has 0 radical (unpaired) electrons. The molecule has 0 atom stereocenters. The summed E-state index contributed by atoms with van der Waals surface area (Å²) in [5.74, 6) is 2.20. The standard InChI is InChI=1S/C13H18OS/c1-2-3-4-5-8-14-13-9-12-7-6-11(13)10-15-12/h6-7,9H,2-5,8,10H2,1H3. The molecule has 2 heteroatoms. The normalized spacial score (nSPS) is 13.1. The van der Waals surface area contributed by atoms with Crippen molar-refractivity contribution in [2.45, 2.75) is 43.3 Å². The highest BCUT2D eigenvalue weighted by atomic mass is 32.2. The Labute approximate surface area is 96.2 Å². The van der Waals surface area contributed by atoms with Crippen molar-refractivity contribution in [1.29, 1.82) is 0 Å². The van der Waals surface area contributed by atoms with Crippen molar-refractivity contribution >= 4 is 11.8 Å². The molecule has 2 heterocycles. The maximum absolute atomic E-state index is 5.80. The zero-order valence-electron chi connectivity index (χ0n) is 9.29. The zero-order chi connectivity index (χ0) is 10.5. The number of hydrogen-bond acceptors (Lipinski definition) is 2. The third kappa shape index (κ3) is 2.91. The minimum atomic E-state index is 0.876. The summed E-state index contributed by atoms with van der Waals surface area (Å²) >= 11 is 1.90.